The lowest BCUT2D eigenvalue weighted by molar-refractivity contribution is 0.532. The van der Waals surface area contributed by atoms with E-state index in [9.17, 15) is 0 Å². The van der Waals surface area contributed by atoms with Gasteiger partial charge in [-0.15, -0.1) is 16.4 Å². The maximum atomic E-state index is 4.76. The van der Waals surface area contributed by atoms with E-state index in [1.807, 2.05) is 21.8 Å². The topological polar surface area (TPSA) is 74.3 Å². The largest absolute Gasteiger partial charge is 0.270 e. The SMILES string of the molecule is CC(C)n1cc(-c2cnc3nnn(Cc4csc5ccccc45)c3n2)cn1. The normalized spacial score (nSPS) is 11.8. The van der Waals surface area contributed by atoms with Crippen molar-refractivity contribution in [3.05, 3.63) is 53.8 Å². The number of thiophene rings is 1. The first kappa shape index (κ1) is 16.1. The lowest BCUT2D eigenvalue weighted by Gasteiger charge is -2.03. The van der Waals surface area contributed by atoms with Crippen molar-refractivity contribution in [2.45, 2.75) is 26.4 Å². The minimum absolute atomic E-state index is 0.300. The number of benzene rings is 1. The molecule has 0 bridgehead atoms. The van der Waals surface area contributed by atoms with E-state index in [0.29, 0.717) is 23.9 Å². The number of fused-ring (bicyclic) bond motifs is 2. The Morgan fingerprint density at radius 3 is 2.89 bits per heavy atom. The van der Waals surface area contributed by atoms with Gasteiger partial charge in [-0.2, -0.15) is 5.10 Å². The molecule has 0 unspecified atom stereocenters. The van der Waals surface area contributed by atoms with Crippen LogP contribution in [0.3, 0.4) is 0 Å². The van der Waals surface area contributed by atoms with Crippen LogP contribution in [0.5, 0.6) is 0 Å². The molecule has 134 valence electrons. The van der Waals surface area contributed by atoms with Crippen LogP contribution in [0, 0.1) is 0 Å². The average molecular weight is 375 g/mol. The fourth-order valence-electron chi connectivity index (χ4n) is 3.07. The summed E-state index contributed by atoms with van der Waals surface area (Å²) in [5.74, 6) is 0. The Labute approximate surface area is 159 Å². The fraction of sp³-hybridized carbons (Fsp3) is 0.211. The van der Waals surface area contributed by atoms with E-state index < -0.39 is 0 Å². The number of aromatic nitrogens is 7. The molecule has 8 heteroatoms. The second kappa shape index (κ2) is 6.24. The molecule has 0 saturated carbocycles. The van der Waals surface area contributed by atoms with Gasteiger partial charge < -0.3 is 0 Å². The Bertz CT molecular complexity index is 1250. The summed E-state index contributed by atoms with van der Waals surface area (Å²) in [6, 6.07) is 8.69. The molecule has 0 radical (unpaired) electrons. The van der Waals surface area contributed by atoms with Gasteiger partial charge in [-0.3, -0.25) is 4.68 Å². The van der Waals surface area contributed by atoms with Crippen LogP contribution in [-0.4, -0.2) is 34.7 Å². The van der Waals surface area contributed by atoms with Crippen LogP contribution in [0.25, 0.3) is 32.6 Å². The zero-order valence-electron chi connectivity index (χ0n) is 14.9. The van der Waals surface area contributed by atoms with Crippen LogP contribution in [0.15, 0.2) is 48.2 Å². The smallest absolute Gasteiger partial charge is 0.221 e. The third-order valence-corrected chi connectivity index (χ3v) is 5.55. The standard InChI is InChI=1S/C19H17N7S/c1-12(2)25-9-13(7-21-25)16-8-20-18-19(22-16)26(24-23-18)10-14-11-27-17-6-4-3-5-15(14)17/h3-9,11-12H,10H2,1-2H3. The van der Waals surface area contributed by atoms with Crippen molar-refractivity contribution in [2.75, 3.05) is 0 Å². The lowest BCUT2D eigenvalue weighted by atomic mass is 10.2. The molecule has 5 rings (SSSR count). The molecular formula is C19H17N7S. The highest BCUT2D eigenvalue weighted by molar-refractivity contribution is 7.17. The lowest BCUT2D eigenvalue weighted by Crippen LogP contribution is -2.03. The molecule has 0 N–H and O–H groups in total. The van der Waals surface area contributed by atoms with E-state index in [1.165, 1.54) is 15.6 Å². The van der Waals surface area contributed by atoms with E-state index >= 15 is 0 Å². The molecule has 0 saturated heterocycles. The van der Waals surface area contributed by atoms with Crippen LogP contribution in [0.2, 0.25) is 0 Å². The van der Waals surface area contributed by atoms with Crippen molar-refractivity contribution in [1.82, 2.24) is 34.7 Å². The van der Waals surface area contributed by atoms with E-state index in [2.05, 4.69) is 63.9 Å². The first-order valence-electron chi connectivity index (χ1n) is 8.75. The Morgan fingerprint density at radius 1 is 1.15 bits per heavy atom. The molecular weight excluding hydrogens is 358 g/mol. The summed E-state index contributed by atoms with van der Waals surface area (Å²) >= 11 is 1.74. The van der Waals surface area contributed by atoms with Gasteiger partial charge in [0.25, 0.3) is 0 Å². The molecule has 4 aromatic heterocycles. The van der Waals surface area contributed by atoms with Crippen molar-refractivity contribution >= 4 is 32.7 Å². The van der Waals surface area contributed by atoms with E-state index in [1.54, 1.807) is 17.5 Å². The Morgan fingerprint density at radius 2 is 2.04 bits per heavy atom. The third-order valence-electron chi connectivity index (χ3n) is 4.54. The molecule has 0 atom stereocenters. The van der Waals surface area contributed by atoms with Crippen LogP contribution in [0.1, 0.15) is 25.5 Å². The van der Waals surface area contributed by atoms with Crippen LogP contribution >= 0.6 is 11.3 Å². The van der Waals surface area contributed by atoms with Gasteiger partial charge in [-0.05, 0) is 36.2 Å². The number of hydrogen-bond acceptors (Lipinski definition) is 6. The number of hydrogen-bond donors (Lipinski definition) is 0. The quantitative estimate of drug-likeness (QED) is 0.476. The molecule has 5 aromatic rings. The predicted octanol–water partition coefficient (Wildman–Crippen LogP) is 3.93. The molecule has 0 aliphatic heterocycles. The van der Waals surface area contributed by atoms with Gasteiger partial charge in [0.15, 0.2) is 5.65 Å². The Kier molecular flexibility index (Phi) is 3.71. The molecule has 0 fully saturated rings. The summed E-state index contributed by atoms with van der Waals surface area (Å²) in [4.78, 5) is 9.20. The second-order valence-electron chi connectivity index (χ2n) is 6.71. The molecule has 0 aliphatic rings. The highest BCUT2D eigenvalue weighted by Gasteiger charge is 2.13. The summed E-state index contributed by atoms with van der Waals surface area (Å²) < 4.78 is 4.99. The second-order valence-corrected chi connectivity index (χ2v) is 7.62. The molecule has 0 aliphatic carbocycles. The van der Waals surface area contributed by atoms with Gasteiger partial charge in [0.1, 0.15) is 0 Å². The average Bonchev–Trinajstić information content (AvgIpc) is 3.41. The van der Waals surface area contributed by atoms with Crippen molar-refractivity contribution in [1.29, 1.82) is 0 Å². The van der Waals surface area contributed by atoms with Gasteiger partial charge in [0.05, 0.1) is 24.6 Å². The van der Waals surface area contributed by atoms with Crippen LogP contribution < -0.4 is 0 Å². The Hall–Kier alpha value is -3.13. The zero-order valence-corrected chi connectivity index (χ0v) is 15.8. The first-order valence-corrected chi connectivity index (χ1v) is 9.63. The summed E-state index contributed by atoms with van der Waals surface area (Å²) in [5.41, 5.74) is 4.15. The van der Waals surface area contributed by atoms with Gasteiger partial charge >= 0.3 is 0 Å². The maximum Gasteiger partial charge on any atom is 0.221 e. The highest BCUT2D eigenvalue weighted by Crippen LogP contribution is 2.27. The molecule has 0 spiro atoms. The monoisotopic (exact) mass is 375 g/mol. The first-order chi connectivity index (χ1) is 13.2. The van der Waals surface area contributed by atoms with Crippen molar-refractivity contribution in [3.8, 4) is 11.3 Å². The van der Waals surface area contributed by atoms with Crippen molar-refractivity contribution in [2.24, 2.45) is 0 Å². The van der Waals surface area contributed by atoms with Crippen LogP contribution in [-0.2, 0) is 6.54 Å². The van der Waals surface area contributed by atoms with Gasteiger partial charge in [0, 0.05) is 22.5 Å². The van der Waals surface area contributed by atoms with Crippen molar-refractivity contribution < 1.29 is 0 Å². The molecule has 27 heavy (non-hydrogen) atoms. The van der Waals surface area contributed by atoms with E-state index in [-0.39, 0.29) is 0 Å². The third kappa shape index (κ3) is 2.78. The summed E-state index contributed by atoms with van der Waals surface area (Å²) in [6.07, 6.45) is 5.53. The Balaban J connectivity index is 1.55. The predicted molar refractivity (Wildman–Crippen MR) is 106 cm³/mol. The molecule has 7 nitrogen and oxygen atoms in total. The van der Waals surface area contributed by atoms with E-state index in [0.717, 1.165) is 11.3 Å². The van der Waals surface area contributed by atoms with Crippen LogP contribution in [0.4, 0.5) is 0 Å². The van der Waals surface area contributed by atoms with Crippen molar-refractivity contribution in [3.63, 3.8) is 0 Å². The highest BCUT2D eigenvalue weighted by atomic mass is 32.1. The van der Waals surface area contributed by atoms with Gasteiger partial charge in [0.2, 0.25) is 5.65 Å². The summed E-state index contributed by atoms with van der Waals surface area (Å²) in [7, 11) is 0. The summed E-state index contributed by atoms with van der Waals surface area (Å²) in [5, 5.41) is 16.2. The molecule has 1 aromatic carbocycles. The fourth-order valence-corrected chi connectivity index (χ4v) is 4.02. The molecule has 4 heterocycles. The minimum atomic E-state index is 0.300. The van der Waals surface area contributed by atoms with E-state index in [4.69, 9.17) is 4.98 Å². The van der Waals surface area contributed by atoms with Gasteiger partial charge in [-0.1, -0.05) is 23.4 Å². The maximum absolute atomic E-state index is 4.76. The minimum Gasteiger partial charge on any atom is -0.270 e. The van der Waals surface area contributed by atoms with Gasteiger partial charge in [-0.25, -0.2) is 14.6 Å². The number of nitrogens with zero attached hydrogens (tertiary/aromatic N) is 7. The zero-order chi connectivity index (χ0) is 18.4. The summed E-state index contributed by atoms with van der Waals surface area (Å²) in [6.45, 7) is 4.80. The number of rotatable bonds is 4. The molecule has 0 amide bonds.